The third-order valence-corrected chi connectivity index (χ3v) is 2.71. The van der Waals surface area contributed by atoms with Gasteiger partial charge in [0.2, 0.25) is 0 Å². The van der Waals surface area contributed by atoms with Gasteiger partial charge in [0, 0.05) is 6.61 Å². The van der Waals surface area contributed by atoms with Crippen LogP contribution < -0.4 is 4.74 Å². The molecular formula is C13H15NO2. The number of hydrogen-bond acceptors (Lipinski definition) is 3. The maximum atomic E-state index is 8.89. The maximum Gasteiger partial charge on any atom is 0.137 e. The number of hydrogen-bond donors (Lipinski definition) is 0. The van der Waals surface area contributed by atoms with Crippen molar-refractivity contribution in [3.05, 3.63) is 29.8 Å². The lowest BCUT2D eigenvalue weighted by atomic mass is 10.1. The number of nitriles is 1. The molecule has 1 atom stereocenters. The van der Waals surface area contributed by atoms with Crippen LogP contribution >= 0.6 is 0 Å². The highest BCUT2D eigenvalue weighted by Gasteiger charge is 2.14. The molecule has 16 heavy (non-hydrogen) atoms. The van der Waals surface area contributed by atoms with Crippen molar-refractivity contribution < 1.29 is 9.47 Å². The Kier molecular flexibility index (Phi) is 3.79. The van der Waals surface area contributed by atoms with Gasteiger partial charge in [-0.2, -0.15) is 5.26 Å². The maximum absolute atomic E-state index is 8.89. The molecule has 1 aliphatic rings. The lowest BCUT2D eigenvalue weighted by Crippen LogP contribution is -2.25. The summed E-state index contributed by atoms with van der Waals surface area (Å²) in [4.78, 5) is 0. The molecule has 1 aromatic carbocycles. The van der Waals surface area contributed by atoms with Crippen LogP contribution in [0.4, 0.5) is 0 Å². The molecule has 0 bridgehead atoms. The van der Waals surface area contributed by atoms with Crippen molar-refractivity contribution in [3.8, 4) is 11.8 Å². The standard InChI is InChI=1S/C13H15NO2/c14-9-11-5-1-2-7-13(11)16-10-12-6-3-4-8-15-12/h1-2,5,7,12H,3-4,6,8,10H2/t12-/m0/s1. The Hall–Kier alpha value is -1.53. The quantitative estimate of drug-likeness (QED) is 0.781. The second-order valence-corrected chi connectivity index (χ2v) is 3.91. The monoisotopic (exact) mass is 217 g/mol. The smallest absolute Gasteiger partial charge is 0.137 e. The van der Waals surface area contributed by atoms with Gasteiger partial charge in [0.15, 0.2) is 0 Å². The highest BCUT2D eigenvalue weighted by molar-refractivity contribution is 5.42. The highest BCUT2D eigenvalue weighted by atomic mass is 16.5. The van der Waals surface area contributed by atoms with Crippen LogP contribution in [0.5, 0.6) is 5.75 Å². The molecule has 1 aromatic rings. The Morgan fingerprint density at radius 3 is 3.00 bits per heavy atom. The molecule has 0 saturated carbocycles. The van der Waals surface area contributed by atoms with E-state index in [2.05, 4.69) is 6.07 Å². The van der Waals surface area contributed by atoms with Crippen LogP contribution in [0.15, 0.2) is 24.3 Å². The molecule has 0 amide bonds. The van der Waals surface area contributed by atoms with Gasteiger partial charge in [0.25, 0.3) is 0 Å². The van der Waals surface area contributed by atoms with Gasteiger partial charge < -0.3 is 9.47 Å². The van der Waals surface area contributed by atoms with Crippen molar-refractivity contribution in [3.63, 3.8) is 0 Å². The van der Waals surface area contributed by atoms with Crippen molar-refractivity contribution in [1.29, 1.82) is 5.26 Å². The number of para-hydroxylation sites is 1. The van der Waals surface area contributed by atoms with Gasteiger partial charge >= 0.3 is 0 Å². The van der Waals surface area contributed by atoms with E-state index in [-0.39, 0.29) is 6.10 Å². The first-order valence-corrected chi connectivity index (χ1v) is 5.63. The molecule has 3 nitrogen and oxygen atoms in total. The minimum Gasteiger partial charge on any atom is -0.489 e. The molecule has 84 valence electrons. The fraction of sp³-hybridized carbons (Fsp3) is 0.462. The molecule has 3 heteroatoms. The Morgan fingerprint density at radius 2 is 2.25 bits per heavy atom. The van der Waals surface area contributed by atoms with E-state index in [1.54, 1.807) is 6.07 Å². The fourth-order valence-corrected chi connectivity index (χ4v) is 1.81. The van der Waals surface area contributed by atoms with E-state index < -0.39 is 0 Å². The molecule has 0 unspecified atom stereocenters. The molecule has 0 aromatic heterocycles. The normalized spacial score (nSPS) is 20.1. The highest BCUT2D eigenvalue weighted by Crippen LogP contribution is 2.19. The van der Waals surface area contributed by atoms with Crippen molar-refractivity contribution in [2.24, 2.45) is 0 Å². The van der Waals surface area contributed by atoms with Gasteiger partial charge in [0.05, 0.1) is 11.7 Å². The summed E-state index contributed by atoms with van der Waals surface area (Å²) in [7, 11) is 0. The van der Waals surface area contributed by atoms with Gasteiger partial charge in [-0.05, 0) is 31.4 Å². The van der Waals surface area contributed by atoms with Crippen LogP contribution in [-0.2, 0) is 4.74 Å². The van der Waals surface area contributed by atoms with E-state index >= 15 is 0 Å². The molecule has 0 aliphatic carbocycles. The number of benzene rings is 1. The van der Waals surface area contributed by atoms with Gasteiger partial charge in [-0.25, -0.2) is 0 Å². The van der Waals surface area contributed by atoms with Crippen LogP contribution in [0.25, 0.3) is 0 Å². The van der Waals surface area contributed by atoms with E-state index in [1.165, 1.54) is 6.42 Å². The second-order valence-electron chi connectivity index (χ2n) is 3.91. The van der Waals surface area contributed by atoms with Gasteiger partial charge in [0.1, 0.15) is 18.4 Å². The summed E-state index contributed by atoms with van der Waals surface area (Å²) in [5, 5.41) is 8.89. The van der Waals surface area contributed by atoms with E-state index in [4.69, 9.17) is 14.7 Å². The molecule has 2 rings (SSSR count). The lowest BCUT2D eigenvalue weighted by molar-refractivity contribution is -0.0111. The topological polar surface area (TPSA) is 42.2 Å². The zero-order valence-corrected chi connectivity index (χ0v) is 9.19. The summed E-state index contributed by atoms with van der Waals surface area (Å²) in [5.74, 6) is 0.652. The Morgan fingerprint density at radius 1 is 1.38 bits per heavy atom. The van der Waals surface area contributed by atoms with Gasteiger partial charge in [-0.3, -0.25) is 0 Å². The first-order chi connectivity index (χ1) is 7.90. The second kappa shape index (κ2) is 5.53. The van der Waals surface area contributed by atoms with Crippen LogP contribution in [0.2, 0.25) is 0 Å². The minimum absolute atomic E-state index is 0.181. The zero-order chi connectivity index (χ0) is 11.2. The van der Waals surface area contributed by atoms with Crippen LogP contribution in [0, 0.1) is 11.3 Å². The summed E-state index contributed by atoms with van der Waals surface area (Å²) in [5.41, 5.74) is 0.582. The average molecular weight is 217 g/mol. The molecular weight excluding hydrogens is 202 g/mol. The largest absolute Gasteiger partial charge is 0.489 e. The Bertz CT molecular complexity index is 378. The van der Waals surface area contributed by atoms with Crippen molar-refractivity contribution in [1.82, 2.24) is 0 Å². The fourth-order valence-electron chi connectivity index (χ4n) is 1.81. The first-order valence-electron chi connectivity index (χ1n) is 5.63. The van der Waals surface area contributed by atoms with E-state index in [9.17, 15) is 0 Å². The van der Waals surface area contributed by atoms with Gasteiger partial charge in [-0.1, -0.05) is 12.1 Å². The zero-order valence-electron chi connectivity index (χ0n) is 9.19. The Balaban J connectivity index is 1.91. The minimum atomic E-state index is 0.181. The number of nitrogens with zero attached hydrogens (tertiary/aromatic N) is 1. The third kappa shape index (κ3) is 2.74. The first kappa shape index (κ1) is 11.0. The molecule has 1 fully saturated rings. The summed E-state index contributed by atoms with van der Waals surface area (Å²) < 4.78 is 11.2. The molecule has 0 spiro atoms. The summed E-state index contributed by atoms with van der Waals surface area (Å²) in [6.45, 7) is 1.37. The summed E-state index contributed by atoms with van der Waals surface area (Å²) in [6, 6.07) is 9.41. The van der Waals surface area contributed by atoms with Crippen LogP contribution in [0.3, 0.4) is 0 Å². The van der Waals surface area contributed by atoms with Crippen molar-refractivity contribution in [2.75, 3.05) is 13.2 Å². The summed E-state index contributed by atoms with van der Waals surface area (Å²) in [6.07, 6.45) is 3.58. The van der Waals surface area contributed by atoms with Crippen LogP contribution in [0.1, 0.15) is 24.8 Å². The Labute approximate surface area is 95.6 Å². The van der Waals surface area contributed by atoms with Gasteiger partial charge in [-0.15, -0.1) is 0 Å². The van der Waals surface area contributed by atoms with E-state index in [0.29, 0.717) is 17.9 Å². The van der Waals surface area contributed by atoms with Crippen molar-refractivity contribution >= 4 is 0 Å². The number of ether oxygens (including phenoxy) is 2. The average Bonchev–Trinajstić information content (AvgIpc) is 2.38. The summed E-state index contributed by atoms with van der Waals surface area (Å²) >= 11 is 0. The SMILES string of the molecule is N#Cc1ccccc1OC[C@@H]1CCCCO1. The lowest BCUT2D eigenvalue weighted by Gasteiger charge is -2.22. The molecule has 1 aliphatic heterocycles. The predicted molar refractivity (Wildman–Crippen MR) is 60.2 cm³/mol. The molecule has 0 radical (unpaired) electrons. The molecule has 0 N–H and O–H groups in total. The molecule has 1 heterocycles. The van der Waals surface area contributed by atoms with E-state index in [0.717, 1.165) is 19.4 Å². The van der Waals surface area contributed by atoms with Crippen molar-refractivity contribution in [2.45, 2.75) is 25.4 Å². The number of rotatable bonds is 3. The van der Waals surface area contributed by atoms with Crippen LogP contribution in [-0.4, -0.2) is 19.3 Å². The predicted octanol–water partition coefficient (Wildman–Crippen LogP) is 2.51. The third-order valence-electron chi connectivity index (χ3n) is 2.71. The van der Waals surface area contributed by atoms with E-state index in [1.807, 2.05) is 18.2 Å². The molecule has 1 saturated heterocycles.